The van der Waals surface area contributed by atoms with Crippen LogP contribution in [0.25, 0.3) is 0 Å². The Morgan fingerprint density at radius 3 is 3.10 bits per heavy atom. The highest BCUT2D eigenvalue weighted by molar-refractivity contribution is 6.32. The molecule has 0 bridgehead atoms. The highest BCUT2D eigenvalue weighted by atomic mass is 35.5. The largest absolute Gasteiger partial charge is 0.482 e. The molecule has 0 heterocycles. The van der Waals surface area contributed by atoms with Gasteiger partial charge in [0.25, 0.3) is 5.91 Å². The lowest BCUT2D eigenvalue weighted by molar-refractivity contribution is -0.123. The second kappa shape index (κ2) is 5.67. The van der Waals surface area contributed by atoms with Crippen molar-refractivity contribution in [2.45, 2.75) is 12.8 Å². The van der Waals surface area contributed by atoms with Crippen LogP contribution in [0.4, 0.5) is 0 Å². The van der Waals surface area contributed by atoms with Crippen LogP contribution in [0.1, 0.15) is 12.8 Å². The zero-order chi connectivity index (χ0) is 13.9. The van der Waals surface area contributed by atoms with E-state index >= 15 is 0 Å². The fourth-order valence-corrected chi connectivity index (χ4v) is 2.73. The van der Waals surface area contributed by atoms with E-state index in [1.807, 2.05) is 6.07 Å². The maximum absolute atomic E-state index is 11.7. The first-order valence-electron chi connectivity index (χ1n) is 6.63. The van der Waals surface area contributed by atoms with Gasteiger partial charge in [-0.15, -0.1) is 0 Å². The summed E-state index contributed by atoms with van der Waals surface area (Å²) in [7, 11) is 0. The summed E-state index contributed by atoms with van der Waals surface area (Å²) in [5.41, 5.74) is 3.62. The van der Waals surface area contributed by atoms with Crippen LogP contribution < -0.4 is 10.2 Å². The molecule has 2 atom stereocenters. The second-order valence-corrected chi connectivity index (χ2v) is 5.40. The van der Waals surface area contributed by atoms with Gasteiger partial charge in [-0.2, -0.15) is 5.10 Å². The molecule has 4 nitrogen and oxygen atoms in total. The zero-order valence-electron chi connectivity index (χ0n) is 10.9. The van der Waals surface area contributed by atoms with E-state index in [0.29, 0.717) is 22.6 Å². The van der Waals surface area contributed by atoms with Crippen molar-refractivity contribution in [2.75, 3.05) is 6.61 Å². The highest BCUT2D eigenvalue weighted by Crippen LogP contribution is 2.40. The predicted octanol–water partition coefficient (Wildman–Crippen LogP) is 2.79. The quantitative estimate of drug-likeness (QED) is 0.685. The minimum atomic E-state index is -0.271. The van der Waals surface area contributed by atoms with Gasteiger partial charge in [0.2, 0.25) is 0 Å². The van der Waals surface area contributed by atoms with Crippen LogP contribution in [0.3, 0.4) is 0 Å². The molecule has 1 fully saturated rings. The summed E-state index contributed by atoms with van der Waals surface area (Å²) in [6, 6.07) is 7.06. The van der Waals surface area contributed by atoms with E-state index in [0.717, 1.165) is 18.6 Å². The van der Waals surface area contributed by atoms with Crippen LogP contribution in [0, 0.1) is 11.8 Å². The number of halogens is 1. The van der Waals surface area contributed by atoms with Crippen LogP contribution in [0.5, 0.6) is 5.75 Å². The minimum Gasteiger partial charge on any atom is -0.482 e. The molecule has 2 aliphatic carbocycles. The molecule has 1 aromatic carbocycles. The van der Waals surface area contributed by atoms with Gasteiger partial charge in [0.05, 0.1) is 5.02 Å². The number of hydrazone groups is 1. The molecule has 1 N–H and O–H groups in total. The number of ether oxygens (including phenoxy) is 1. The van der Waals surface area contributed by atoms with Crippen molar-refractivity contribution >= 4 is 23.2 Å². The van der Waals surface area contributed by atoms with E-state index < -0.39 is 0 Å². The summed E-state index contributed by atoms with van der Waals surface area (Å²) in [5.74, 6) is 1.36. The molecule has 0 aromatic heterocycles. The Hall–Kier alpha value is -1.81. The average Bonchev–Trinajstić information content (AvgIpc) is 2.80. The van der Waals surface area contributed by atoms with Crippen molar-refractivity contribution in [1.29, 1.82) is 0 Å². The molecule has 1 saturated carbocycles. The van der Waals surface area contributed by atoms with E-state index in [1.165, 1.54) is 0 Å². The number of para-hydroxylation sites is 1. The van der Waals surface area contributed by atoms with Gasteiger partial charge in [-0.05, 0) is 30.9 Å². The van der Waals surface area contributed by atoms with Gasteiger partial charge >= 0.3 is 0 Å². The van der Waals surface area contributed by atoms with E-state index in [1.54, 1.807) is 18.2 Å². The standard InChI is InChI=1S/C15H15ClN2O2/c16-12-6-1-2-7-14(12)20-9-15(19)18-17-13-8-10-4-3-5-11(10)13/h1-4,6-7,10-11H,5,8-9H2,(H,18,19)/b17-13-/t10-,11+/m0/s1. The summed E-state index contributed by atoms with van der Waals surface area (Å²) < 4.78 is 5.34. The van der Waals surface area contributed by atoms with Crippen LogP contribution >= 0.6 is 11.6 Å². The SMILES string of the molecule is O=C(COc1ccccc1Cl)N/N=C1/C[C@@H]2C=CC[C@@H]12. The molecule has 20 heavy (non-hydrogen) atoms. The third-order valence-corrected chi connectivity index (χ3v) is 3.99. The van der Waals surface area contributed by atoms with Crippen molar-refractivity contribution < 1.29 is 9.53 Å². The van der Waals surface area contributed by atoms with Crippen LogP contribution in [-0.2, 0) is 4.79 Å². The van der Waals surface area contributed by atoms with Gasteiger partial charge in [0.15, 0.2) is 6.61 Å². The minimum absolute atomic E-state index is 0.0904. The summed E-state index contributed by atoms with van der Waals surface area (Å²) in [6.07, 6.45) is 6.40. The first-order chi connectivity index (χ1) is 9.74. The van der Waals surface area contributed by atoms with Crippen molar-refractivity contribution in [1.82, 2.24) is 5.43 Å². The van der Waals surface area contributed by atoms with Gasteiger partial charge < -0.3 is 4.74 Å². The van der Waals surface area contributed by atoms with E-state index in [-0.39, 0.29) is 12.5 Å². The number of hydrogen-bond acceptors (Lipinski definition) is 3. The molecule has 5 heteroatoms. The lowest BCUT2D eigenvalue weighted by atomic mass is 9.74. The second-order valence-electron chi connectivity index (χ2n) is 5.00. The third-order valence-electron chi connectivity index (χ3n) is 3.68. The highest BCUT2D eigenvalue weighted by Gasteiger charge is 2.37. The molecule has 0 spiro atoms. The molecule has 1 aromatic rings. The number of carbonyl (C=O) groups is 1. The summed E-state index contributed by atoms with van der Waals surface area (Å²) in [5, 5.41) is 4.66. The third kappa shape index (κ3) is 2.70. The number of rotatable bonds is 4. The predicted molar refractivity (Wildman–Crippen MR) is 77.9 cm³/mol. The Labute approximate surface area is 122 Å². The molecule has 0 saturated heterocycles. The average molecular weight is 291 g/mol. The number of allylic oxidation sites excluding steroid dienone is 2. The summed E-state index contributed by atoms with van der Waals surface area (Å²) in [4.78, 5) is 11.7. The Balaban J connectivity index is 1.46. The van der Waals surface area contributed by atoms with Crippen molar-refractivity contribution in [3.05, 3.63) is 41.4 Å². The summed E-state index contributed by atoms with van der Waals surface area (Å²) >= 11 is 5.94. The van der Waals surface area contributed by atoms with Crippen LogP contribution in [-0.4, -0.2) is 18.2 Å². The van der Waals surface area contributed by atoms with Crippen LogP contribution in [0.15, 0.2) is 41.5 Å². The maximum Gasteiger partial charge on any atom is 0.277 e. The number of nitrogens with one attached hydrogen (secondary N) is 1. The monoisotopic (exact) mass is 290 g/mol. The van der Waals surface area contributed by atoms with Gasteiger partial charge in [0.1, 0.15) is 5.75 Å². The van der Waals surface area contributed by atoms with Crippen molar-refractivity contribution in [2.24, 2.45) is 16.9 Å². The lowest BCUT2D eigenvalue weighted by Crippen LogP contribution is -2.36. The molecular weight excluding hydrogens is 276 g/mol. The Kier molecular flexibility index (Phi) is 3.74. The zero-order valence-corrected chi connectivity index (χ0v) is 11.6. The number of amides is 1. The molecule has 3 rings (SSSR count). The number of benzene rings is 1. The van der Waals surface area contributed by atoms with Gasteiger partial charge in [-0.25, -0.2) is 5.43 Å². The molecule has 0 radical (unpaired) electrons. The van der Waals surface area contributed by atoms with E-state index in [2.05, 4.69) is 22.7 Å². The Morgan fingerprint density at radius 1 is 1.45 bits per heavy atom. The summed E-state index contributed by atoms with van der Waals surface area (Å²) in [6.45, 7) is -0.0904. The van der Waals surface area contributed by atoms with Gasteiger partial charge in [-0.3, -0.25) is 4.79 Å². The normalized spacial score (nSPS) is 25.1. The van der Waals surface area contributed by atoms with E-state index in [9.17, 15) is 4.79 Å². The molecule has 0 aliphatic heterocycles. The number of fused-ring (bicyclic) bond motifs is 1. The fourth-order valence-electron chi connectivity index (χ4n) is 2.53. The van der Waals surface area contributed by atoms with Crippen molar-refractivity contribution in [3.8, 4) is 5.75 Å². The van der Waals surface area contributed by atoms with E-state index in [4.69, 9.17) is 16.3 Å². The van der Waals surface area contributed by atoms with Gasteiger partial charge in [0, 0.05) is 11.6 Å². The molecule has 0 unspecified atom stereocenters. The smallest absolute Gasteiger partial charge is 0.277 e. The lowest BCUT2D eigenvalue weighted by Gasteiger charge is -2.31. The topological polar surface area (TPSA) is 50.7 Å². The number of hydrogen-bond donors (Lipinski definition) is 1. The van der Waals surface area contributed by atoms with Crippen molar-refractivity contribution in [3.63, 3.8) is 0 Å². The van der Waals surface area contributed by atoms with Gasteiger partial charge in [-0.1, -0.05) is 35.9 Å². The maximum atomic E-state index is 11.7. The molecule has 104 valence electrons. The first-order valence-corrected chi connectivity index (χ1v) is 7.01. The van der Waals surface area contributed by atoms with Crippen LogP contribution in [0.2, 0.25) is 5.02 Å². The molecule has 1 amide bonds. The fraction of sp³-hybridized carbons (Fsp3) is 0.333. The molecular formula is C15H15ClN2O2. The first kappa shape index (κ1) is 13.2. The number of nitrogens with zero attached hydrogens (tertiary/aromatic N) is 1. The Morgan fingerprint density at radius 2 is 2.30 bits per heavy atom. The molecule has 2 aliphatic rings. The number of carbonyl (C=O) groups excluding carboxylic acids is 1. The Bertz CT molecular complexity index is 583.